The van der Waals surface area contributed by atoms with E-state index in [9.17, 15) is 4.79 Å². The van der Waals surface area contributed by atoms with Gasteiger partial charge >= 0.3 is 0 Å². The molecule has 25 heavy (non-hydrogen) atoms. The van der Waals surface area contributed by atoms with Gasteiger partial charge in [0.2, 0.25) is 0 Å². The molecule has 3 aromatic rings. The lowest BCUT2D eigenvalue weighted by atomic mass is 10.1. The fourth-order valence-corrected chi connectivity index (χ4v) is 3.11. The topological polar surface area (TPSA) is 46.9 Å². The van der Waals surface area contributed by atoms with Crippen molar-refractivity contribution in [2.24, 2.45) is 0 Å². The molecule has 0 aliphatic rings. The number of carbonyl (C=O) groups excluding carboxylic acids is 1. The molecular weight excluding hydrogens is 310 g/mol. The van der Waals surface area contributed by atoms with Gasteiger partial charge in [0, 0.05) is 12.1 Å². The van der Waals surface area contributed by atoms with E-state index in [1.807, 2.05) is 56.3 Å². The zero-order valence-corrected chi connectivity index (χ0v) is 15.1. The summed E-state index contributed by atoms with van der Waals surface area (Å²) in [6, 6.07) is 15.6. The molecule has 130 valence electrons. The lowest BCUT2D eigenvalue weighted by molar-refractivity contribution is 0.0937. The van der Waals surface area contributed by atoms with Gasteiger partial charge in [0.25, 0.3) is 5.91 Å². The largest absolute Gasteiger partial charge is 0.342 e. The molecule has 0 radical (unpaired) electrons. The number of hydrogen-bond acceptors (Lipinski definition) is 2. The van der Waals surface area contributed by atoms with E-state index in [4.69, 9.17) is 4.98 Å². The maximum absolute atomic E-state index is 12.6. The third-order valence-corrected chi connectivity index (χ3v) is 4.43. The highest BCUT2D eigenvalue weighted by molar-refractivity contribution is 5.94. The van der Waals surface area contributed by atoms with Crippen LogP contribution in [0.1, 0.15) is 54.5 Å². The summed E-state index contributed by atoms with van der Waals surface area (Å²) < 4.78 is 2.24. The van der Waals surface area contributed by atoms with Crippen molar-refractivity contribution in [1.29, 1.82) is 0 Å². The van der Waals surface area contributed by atoms with Gasteiger partial charge in [-0.15, -0.1) is 0 Å². The zero-order chi connectivity index (χ0) is 17.8. The first kappa shape index (κ1) is 17.2. The van der Waals surface area contributed by atoms with E-state index in [1.165, 1.54) is 0 Å². The van der Waals surface area contributed by atoms with Crippen LogP contribution in [-0.4, -0.2) is 15.5 Å². The van der Waals surface area contributed by atoms with Crippen molar-refractivity contribution >= 4 is 16.9 Å². The molecule has 3 rings (SSSR count). The Bertz CT molecular complexity index is 882. The number of hydrogen-bond donors (Lipinski definition) is 1. The highest BCUT2D eigenvalue weighted by Gasteiger charge is 2.18. The smallest absolute Gasteiger partial charge is 0.251 e. The number of aryl methyl sites for hydroxylation is 2. The number of aromatic nitrogens is 2. The van der Waals surface area contributed by atoms with E-state index in [0.29, 0.717) is 5.56 Å². The number of para-hydroxylation sites is 2. The molecular formula is C21H25N3O. The van der Waals surface area contributed by atoms with Crippen LogP contribution in [0.2, 0.25) is 0 Å². The predicted octanol–water partition coefficient (Wildman–Crippen LogP) is 4.64. The maximum Gasteiger partial charge on any atom is 0.251 e. The van der Waals surface area contributed by atoms with Crippen molar-refractivity contribution in [1.82, 2.24) is 14.9 Å². The van der Waals surface area contributed by atoms with Crippen molar-refractivity contribution in [2.75, 3.05) is 0 Å². The Hall–Kier alpha value is -2.62. The molecule has 1 heterocycles. The molecule has 1 N–H and O–H groups in total. The van der Waals surface area contributed by atoms with Gasteiger partial charge in [-0.05, 0) is 44.5 Å². The summed E-state index contributed by atoms with van der Waals surface area (Å²) in [5, 5.41) is 3.10. The van der Waals surface area contributed by atoms with E-state index in [-0.39, 0.29) is 11.9 Å². The Kier molecular flexibility index (Phi) is 5.17. The molecule has 0 aliphatic heterocycles. The van der Waals surface area contributed by atoms with E-state index < -0.39 is 0 Å². The van der Waals surface area contributed by atoms with Crippen molar-refractivity contribution < 1.29 is 4.79 Å². The van der Waals surface area contributed by atoms with Gasteiger partial charge in [-0.3, -0.25) is 4.79 Å². The summed E-state index contributed by atoms with van der Waals surface area (Å²) >= 11 is 0. The first-order chi connectivity index (χ1) is 12.1. The molecule has 0 aliphatic carbocycles. The summed E-state index contributed by atoms with van der Waals surface area (Å²) in [6.07, 6.45) is 2.21. The van der Waals surface area contributed by atoms with Gasteiger partial charge in [0.1, 0.15) is 5.82 Å². The third-order valence-electron chi connectivity index (χ3n) is 4.43. The highest BCUT2D eigenvalue weighted by atomic mass is 16.1. The Morgan fingerprint density at radius 2 is 2.00 bits per heavy atom. The van der Waals surface area contributed by atoms with E-state index >= 15 is 0 Å². The van der Waals surface area contributed by atoms with Crippen molar-refractivity contribution in [3.63, 3.8) is 0 Å². The second kappa shape index (κ2) is 7.51. The second-order valence-corrected chi connectivity index (χ2v) is 6.53. The van der Waals surface area contributed by atoms with Gasteiger partial charge in [-0.25, -0.2) is 4.98 Å². The molecule has 0 spiro atoms. The highest BCUT2D eigenvalue weighted by Crippen LogP contribution is 2.22. The average molecular weight is 335 g/mol. The minimum Gasteiger partial charge on any atom is -0.342 e. The van der Waals surface area contributed by atoms with Gasteiger partial charge in [0.05, 0.1) is 17.1 Å². The van der Waals surface area contributed by atoms with Crippen LogP contribution >= 0.6 is 0 Å². The van der Waals surface area contributed by atoms with Crippen LogP contribution in [0.5, 0.6) is 0 Å². The number of carbonyl (C=O) groups is 1. The number of imidazole rings is 1. The number of benzene rings is 2. The summed E-state index contributed by atoms with van der Waals surface area (Å²) in [5.41, 5.74) is 3.87. The fraction of sp³-hybridized carbons (Fsp3) is 0.333. The van der Waals surface area contributed by atoms with Crippen LogP contribution < -0.4 is 5.32 Å². The molecule has 4 nitrogen and oxygen atoms in total. The minimum absolute atomic E-state index is 0.0645. The number of rotatable bonds is 6. The number of unbranched alkanes of at least 4 members (excludes halogenated alkanes) is 1. The van der Waals surface area contributed by atoms with Crippen molar-refractivity contribution in [3.05, 3.63) is 65.5 Å². The standard InChI is InChI=1S/C21H25N3O/c1-4-5-13-24-19-12-7-6-11-18(19)23-20(24)16(3)22-21(25)17-10-8-9-15(2)14-17/h6-12,14,16H,4-5,13H2,1-3H3,(H,22,25)/t16-/m1/s1. The van der Waals surface area contributed by atoms with Crippen molar-refractivity contribution in [3.8, 4) is 0 Å². The van der Waals surface area contributed by atoms with Crippen LogP contribution in [-0.2, 0) is 6.54 Å². The van der Waals surface area contributed by atoms with Crippen LogP contribution in [0, 0.1) is 6.92 Å². The molecule has 1 aromatic heterocycles. The number of amides is 1. The summed E-state index contributed by atoms with van der Waals surface area (Å²) in [7, 11) is 0. The second-order valence-electron chi connectivity index (χ2n) is 6.53. The monoisotopic (exact) mass is 335 g/mol. The molecule has 4 heteroatoms. The zero-order valence-electron chi connectivity index (χ0n) is 15.1. The van der Waals surface area contributed by atoms with Gasteiger partial charge in [-0.1, -0.05) is 43.2 Å². The minimum atomic E-state index is -0.155. The predicted molar refractivity (Wildman–Crippen MR) is 102 cm³/mol. The Morgan fingerprint density at radius 3 is 2.76 bits per heavy atom. The SMILES string of the molecule is CCCCn1c([C@@H](C)NC(=O)c2cccc(C)c2)nc2ccccc21. The molecule has 0 saturated carbocycles. The number of nitrogens with zero attached hydrogens (tertiary/aromatic N) is 2. The summed E-state index contributed by atoms with van der Waals surface area (Å²) in [4.78, 5) is 17.4. The van der Waals surface area contributed by atoms with Crippen LogP contribution in [0.4, 0.5) is 0 Å². The Morgan fingerprint density at radius 1 is 1.20 bits per heavy atom. The molecule has 0 bridgehead atoms. The Labute approximate surface area is 148 Å². The van der Waals surface area contributed by atoms with Crippen LogP contribution in [0.15, 0.2) is 48.5 Å². The number of nitrogens with one attached hydrogen (secondary N) is 1. The third kappa shape index (κ3) is 3.73. The lowest BCUT2D eigenvalue weighted by Crippen LogP contribution is -2.28. The molecule has 1 amide bonds. The van der Waals surface area contributed by atoms with Crippen LogP contribution in [0.3, 0.4) is 0 Å². The Balaban J connectivity index is 1.88. The molecule has 2 aromatic carbocycles. The van der Waals surface area contributed by atoms with Gasteiger partial charge in [0.15, 0.2) is 0 Å². The summed E-state index contributed by atoms with van der Waals surface area (Å²) in [6.45, 7) is 7.08. The summed E-state index contributed by atoms with van der Waals surface area (Å²) in [5.74, 6) is 0.848. The fourth-order valence-electron chi connectivity index (χ4n) is 3.11. The molecule has 0 unspecified atom stereocenters. The molecule has 1 atom stereocenters. The lowest BCUT2D eigenvalue weighted by Gasteiger charge is -2.16. The quantitative estimate of drug-likeness (QED) is 0.713. The van der Waals surface area contributed by atoms with E-state index in [0.717, 1.165) is 41.8 Å². The molecule has 0 saturated heterocycles. The maximum atomic E-state index is 12.6. The number of fused-ring (bicyclic) bond motifs is 1. The van der Waals surface area contributed by atoms with E-state index in [2.05, 4.69) is 22.9 Å². The van der Waals surface area contributed by atoms with Crippen molar-refractivity contribution in [2.45, 2.75) is 46.2 Å². The first-order valence-electron chi connectivity index (χ1n) is 8.93. The molecule has 0 fully saturated rings. The van der Waals surface area contributed by atoms with E-state index in [1.54, 1.807) is 0 Å². The van der Waals surface area contributed by atoms with Crippen LogP contribution in [0.25, 0.3) is 11.0 Å². The van der Waals surface area contributed by atoms with Gasteiger partial charge < -0.3 is 9.88 Å². The van der Waals surface area contributed by atoms with Gasteiger partial charge in [-0.2, -0.15) is 0 Å². The first-order valence-corrected chi connectivity index (χ1v) is 8.93. The normalized spacial score (nSPS) is 12.3. The average Bonchev–Trinajstić information content (AvgIpc) is 2.98.